The van der Waals surface area contributed by atoms with Crippen LogP contribution in [0.2, 0.25) is 0 Å². The molecule has 8 heteroatoms. The Balaban J connectivity index is 1.73. The zero-order chi connectivity index (χ0) is 26.2. The number of carbonyl (C=O) groups excluding carboxylic acids is 3. The lowest BCUT2D eigenvalue weighted by Gasteiger charge is -2.35. The van der Waals surface area contributed by atoms with Gasteiger partial charge in [0.1, 0.15) is 11.5 Å². The van der Waals surface area contributed by atoms with Crippen molar-refractivity contribution in [2.45, 2.75) is 51.2 Å². The predicted octanol–water partition coefficient (Wildman–Crippen LogP) is 3.99. The van der Waals surface area contributed by atoms with Crippen LogP contribution in [0.25, 0.3) is 5.76 Å². The number of carbonyl (C=O) groups is 3. The second-order valence-electron chi connectivity index (χ2n) is 9.60. The number of nitrogens with zero attached hydrogens (tertiary/aromatic N) is 2. The number of benzene rings is 2. The first kappa shape index (κ1) is 25.0. The lowest BCUT2D eigenvalue weighted by atomic mass is 9.81. The molecule has 1 spiro atoms. The Morgan fingerprint density at radius 1 is 1.11 bits per heavy atom. The summed E-state index contributed by atoms with van der Waals surface area (Å²) in [7, 11) is 0. The van der Waals surface area contributed by atoms with Gasteiger partial charge in [0.15, 0.2) is 5.54 Å². The molecular formula is C29H32N2O6. The molecule has 0 saturated carbocycles. The van der Waals surface area contributed by atoms with Crippen LogP contribution in [0.15, 0.2) is 54.1 Å². The van der Waals surface area contributed by atoms with Crippen LogP contribution in [0.5, 0.6) is 5.75 Å². The number of anilines is 1. The van der Waals surface area contributed by atoms with Crippen LogP contribution in [-0.4, -0.2) is 60.0 Å². The third kappa shape index (κ3) is 3.91. The lowest BCUT2D eigenvalue weighted by molar-refractivity contribution is -0.145. The molecule has 37 heavy (non-hydrogen) atoms. The largest absolute Gasteiger partial charge is 0.507 e. The van der Waals surface area contributed by atoms with Gasteiger partial charge in [0.05, 0.1) is 24.0 Å². The summed E-state index contributed by atoms with van der Waals surface area (Å²) in [5.74, 6) is -1.84. The molecule has 2 atom stereocenters. The number of aliphatic hydroxyl groups is 1. The Kier molecular flexibility index (Phi) is 6.77. The number of likely N-dealkylation sites (tertiary alicyclic amines) is 1. The van der Waals surface area contributed by atoms with Gasteiger partial charge in [0.2, 0.25) is 0 Å². The molecular weight excluding hydrogens is 472 g/mol. The molecule has 5 rings (SSSR count). The highest BCUT2D eigenvalue weighted by molar-refractivity contribution is 6.50. The van der Waals surface area contributed by atoms with E-state index < -0.39 is 23.1 Å². The molecule has 3 heterocycles. The van der Waals surface area contributed by atoms with Gasteiger partial charge in [0.25, 0.3) is 17.6 Å². The highest BCUT2D eigenvalue weighted by atomic mass is 16.5. The molecule has 0 radical (unpaired) electrons. The average molecular weight is 505 g/mol. The van der Waals surface area contributed by atoms with Crippen molar-refractivity contribution in [1.82, 2.24) is 4.90 Å². The summed E-state index contributed by atoms with van der Waals surface area (Å²) in [4.78, 5) is 44.7. The van der Waals surface area contributed by atoms with Crippen LogP contribution in [0, 0.1) is 0 Å². The van der Waals surface area contributed by atoms with Gasteiger partial charge >= 0.3 is 0 Å². The van der Waals surface area contributed by atoms with E-state index in [4.69, 9.17) is 9.47 Å². The van der Waals surface area contributed by atoms with Crippen molar-refractivity contribution in [3.8, 4) is 5.75 Å². The van der Waals surface area contributed by atoms with Crippen LogP contribution >= 0.6 is 0 Å². The van der Waals surface area contributed by atoms with Gasteiger partial charge in [0, 0.05) is 30.8 Å². The second-order valence-corrected chi connectivity index (χ2v) is 9.60. The summed E-state index contributed by atoms with van der Waals surface area (Å²) in [5.41, 5.74) is -0.447. The minimum Gasteiger partial charge on any atom is -0.507 e. The first-order valence-electron chi connectivity index (χ1n) is 13.0. The number of aliphatic hydroxyl groups excluding tert-OH is 1. The van der Waals surface area contributed by atoms with E-state index in [-0.39, 0.29) is 24.0 Å². The zero-order valence-corrected chi connectivity index (χ0v) is 21.2. The summed E-state index contributed by atoms with van der Waals surface area (Å²) in [6.07, 6.45) is 2.92. The lowest BCUT2D eigenvalue weighted by Crippen LogP contribution is -2.54. The molecule has 3 aliphatic rings. The molecule has 2 fully saturated rings. The minimum absolute atomic E-state index is 0.0896. The van der Waals surface area contributed by atoms with E-state index >= 15 is 0 Å². The van der Waals surface area contributed by atoms with Crippen LogP contribution in [0.4, 0.5) is 5.69 Å². The van der Waals surface area contributed by atoms with Gasteiger partial charge in [-0.1, -0.05) is 31.5 Å². The van der Waals surface area contributed by atoms with Crippen LogP contribution in [0.3, 0.4) is 0 Å². The van der Waals surface area contributed by atoms with Crippen molar-refractivity contribution in [2.24, 2.45) is 0 Å². The molecule has 0 aliphatic carbocycles. The fourth-order valence-corrected chi connectivity index (χ4v) is 5.67. The van der Waals surface area contributed by atoms with E-state index in [9.17, 15) is 19.5 Å². The number of Topliss-reactive ketones (excluding diaryl/α,β-unsaturated/α-hetero) is 1. The zero-order valence-electron chi connectivity index (χ0n) is 21.2. The van der Waals surface area contributed by atoms with Crippen molar-refractivity contribution in [1.29, 1.82) is 0 Å². The maximum atomic E-state index is 14.4. The maximum absolute atomic E-state index is 14.4. The molecule has 2 aromatic carbocycles. The number of unbranched alkanes of at least 4 members (excludes halogenated alkanes) is 1. The van der Waals surface area contributed by atoms with E-state index in [0.29, 0.717) is 42.3 Å². The third-order valence-electron chi connectivity index (χ3n) is 7.39. The maximum Gasteiger partial charge on any atom is 0.296 e. The molecule has 0 bridgehead atoms. The Morgan fingerprint density at radius 3 is 2.54 bits per heavy atom. The van der Waals surface area contributed by atoms with Crippen molar-refractivity contribution < 1.29 is 29.0 Å². The standard InChI is InChI=1S/C29H32N2O6/c1-3-5-16-30-23-11-7-6-10-22(23)29(28(30)35)24(25(32)19-12-14-20(15-13-19)36-4-2)26(33)27(34)31(29)18-21-9-8-17-37-21/h6-7,10-15,21,32H,3-5,8-9,16-18H2,1-2H3/t21-,29-/m1/s1. The van der Waals surface area contributed by atoms with Crippen LogP contribution in [0.1, 0.15) is 50.7 Å². The fourth-order valence-electron chi connectivity index (χ4n) is 5.67. The second kappa shape index (κ2) is 10.0. The van der Waals surface area contributed by atoms with E-state index in [1.807, 2.05) is 26.0 Å². The predicted molar refractivity (Wildman–Crippen MR) is 138 cm³/mol. The third-order valence-corrected chi connectivity index (χ3v) is 7.39. The van der Waals surface area contributed by atoms with Crippen molar-refractivity contribution in [3.05, 3.63) is 65.2 Å². The number of para-hydroxylation sites is 1. The van der Waals surface area contributed by atoms with E-state index in [0.717, 1.165) is 25.7 Å². The van der Waals surface area contributed by atoms with Gasteiger partial charge in [-0.05, 0) is 56.5 Å². The summed E-state index contributed by atoms with van der Waals surface area (Å²) < 4.78 is 11.3. The molecule has 2 amide bonds. The summed E-state index contributed by atoms with van der Waals surface area (Å²) >= 11 is 0. The Morgan fingerprint density at radius 2 is 1.86 bits per heavy atom. The van der Waals surface area contributed by atoms with Crippen molar-refractivity contribution in [2.75, 3.05) is 31.2 Å². The molecule has 3 aliphatic heterocycles. The SMILES string of the molecule is CCCCN1C(=O)[C@]2(C(=C(O)c3ccc(OCC)cc3)C(=O)C(=O)N2C[C@H]2CCCO2)c2ccccc21. The number of hydrogen-bond donors (Lipinski definition) is 1. The van der Waals surface area contributed by atoms with Gasteiger partial charge in [-0.15, -0.1) is 0 Å². The highest BCUT2D eigenvalue weighted by Gasteiger charge is 2.67. The Bertz CT molecular complexity index is 1250. The van der Waals surface area contributed by atoms with Gasteiger partial charge in [-0.25, -0.2) is 0 Å². The normalized spacial score (nSPS) is 24.4. The van der Waals surface area contributed by atoms with E-state index in [1.54, 1.807) is 41.3 Å². The van der Waals surface area contributed by atoms with Gasteiger partial charge < -0.3 is 24.4 Å². The fraction of sp³-hybridized carbons (Fsp3) is 0.414. The summed E-state index contributed by atoms with van der Waals surface area (Å²) in [6, 6.07) is 13.9. The number of ether oxygens (including phenoxy) is 2. The molecule has 0 unspecified atom stereocenters. The van der Waals surface area contributed by atoms with E-state index in [2.05, 4.69) is 0 Å². The van der Waals surface area contributed by atoms with Crippen molar-refractivity contribution >= 4 is 29.0 Å². The average Bonchev–Trinajstić information content (AvgIpc) is 3.57. The van der Waals surface area contributed by atoms with Gasteiger partial charge in [-0.2, -0.15) is 0 Å². The number of rotatable bonds is 8. The highest BCUT2D eigenvalue weighted by Crippen LogP contribution is 2.54. The molecule has 1 N–H and O–H groups in total. The first-order valence-corrected chi connectivity index (χ1v) is 13.0. The van der Waals surface area contributed by atoms with Crippen molar-refractivity contribution in [3.63, 3.8) is 0 Å². The monoisotopic (exact) mass is 504 g/mol. The topological polar surface area (TPSA) is 96.4 Å². The number of ketones is 1. The summed E-state index contributed by atoms with van der Waals surface area (Å²) in [5, 5.41) is 11.6. The molecule has 2 saturated heterocycles. The quantitative estimate of drug-likeness (QED) is 0.332. The smallest absolute Gasteiger partial charge is 0.296 e. The molecule has 2 aromatic rings. The Hall–Kier alpha value is -3.65. The number of hydrogen-bond acceptors (Lipinski definition) is 6. The van der Waals surface area contributed by atoms with E-state index in [1.165, 1.54) is 4.90 Å². The van der Waals surface area contributed by atoms with Crippen LogP contribution in [-0.2, 0) is 24.7 Å². The molecule has 0 aromatic heterocycles. The summed E-state index contributed by atoms with van der Waals surface area (Å²) in [6.45, 7) is 5.50. The first-order chi connectivity index (χ1) is 17.9. The minimum atomic E-state index is -1.76. The Labute approximate surface area is 216 Å². The number of amides is 2. The van der Waals surface area contributed by atoms with Gasteiger partial charge in [-0.3, -0.25) is 14.4 Å². The molecule has 8 nitrogen and oxygen atoms in total. The molecule has 194 valence electrons. The number of fused-ring (bicyclic) bond motifs is 2. The van der Waals surface area contributed by atoms with Crippen LogP contribution < -0.4 is 9.64 Å².